The molecule has 10 heteroatoms. The number of halogens is 2. The van der Waals surface area contributed by atoms with Crippen molar-refractivity contribution in [3.8, 4) is 0 Å². The summed E-state index contributed by atoms with van der Waals surface area (Å²) < 4.78 is 18.7. The lowest BCUT2D eigenvalue weighted by molar-refractivity contribution is -0.387. The SMILES string of the molecule is Nc1ccc(Br)cc1C(=O)OCC(=O)Nc1ccc(F)c([N+](=O)[O-])c1. The number of rotatable bonds is 5. The summed E-state index contributed by atoms with van der Waals surface area (Å²) >= 11 is 3.18. The van der Waals surface area contributed by atoms with Crippen LogP contribution >= 0.6 is 15.9 Å². The van der Waals surface area contributed by atoms with E-state index in [4.69, 9.17) is 10.5 Å². The topological polar surface area (TPSA) is 125 Å². The fourth-order valence-corrected chi connectivity index (χ4v) is 2.20. The van der Waals surface area contributed by atoms with Crippen molar-refractivity contribution in [3.63, 3.8) is 0 Å². The number of carbonyl (C=O) groups is 2. The smallest absolute Gasteiger partial charge is 0.340 e. The van der Waals surface area contributed by atoms with Gasteiger partial charge in [0.1, 0.15) is 0 Å². The second-order valence-corrected chi connectivity index (χ2v) is 5.69. The van der Waals surface area contributed by atoms with Crippen molar-refractivity contribution in [3.05, 3.63) is 62.4 Å². The lowest BCUT2D eigenvalue weighted by atomic mass is 10.2. The first kappa shape index (κ1) is 18.3. The van der Waals surface area contributed by atoms with Crippen LogP contribution in [0.3, 0.4) is 0 Å². The van der Waals surface area contributed by atoms with Gasteiger partial charge in [-0.05, 0) is 30.3 Å². The standard InChI is InChI=1S/C15H11BrFN3O5/c16-8-1-4-12(18)10(5-8)15(22)25-7-14(21)19-9-2-3-11(17)13(6-9)20(23)24/h1-6H,7,18H2,(H,19,21). The van der Waals surface area contributed by atoms with Crippen LogP contribution in [-0.2, 0) is 9.53 Å². The minimum Gasteiger partial charge on any atom is -0.452 e. The monoisotopic (exact) mass is 411 g/mol. The van der Waals surface area contributed by atoms with Gasteiger partial charge in [-0.1, -0.05) is 15.9 Å². The van der Waals surface area contributed by atoms with Gasteiger partial charge in [-0.2, -0.15) is 4.39 Å². The average Bonchev–Trinajstić information content (AvgIpc) is 2.56. The Balaban J connectivity index is 1.99. The number of nitrogens with two attached hydrogens (primary N) is 1. The van der Waals surface area contributed by atoms with E-state index in [9.17, 15) is 24.1 Å². The van der Waals surface area contributed by atoms with Gasteiger partial charge >= 0.3 is 11.7 Å². The highest BCUT2D eigenvalue weighted by atomic mass is 79.9. The Morgan fingerprint density at radius 1 is 1.28 bits per heavy atom. The molecule has 0 unspecified atom stereocenters. The number of ether oxygens (including phenoxy) is 1. The van der Waals surface area contributed by atoms with Crippen LogP contribution in [0.25, 0.3) is 0 Å². The molecule has 130 valence electrons. The second kappa shape index (κ2) is 7.71. The van der Waals surface area contributed by atoms with Gasteiger partial charge in [0.2, 0.25) is 5.82 Å². The number of hydrogen-bond donors (Lipinski definition) is 2. The fourth-order valence-electron chi connectivity index (χ4n) is 1.84. The van der Waals surface area contributed by atoms with E-state index in [1.165, 1.54) is 12.1 Å². The number of nitro groups is 1. The van der Waals surface area contributed by atoms with Crippen LogP contribution in [-0.4, -0.2) is 23.4 Å². The van der Waals surface area contributed by atoms with E-state index < -0.39 is 34.9 Å². The van der Waals surface area contributed by atoms with Crippen molar-refractivity contribution in [2.75, 3.05) is 17.7 Å². The largest absolute Gasteiger partial charge is 0.452 e. The molecule has 0 spiro atoms. The molecule has 25 heavy (non-hydrogen) atoms. The van der Waals surface area contributed by atoms with Crippen LogP contribution in [0.2, 0.25) is 0 Å². The fraction of sp³-hybridized carbons (Fsp3) is 0.0667. The van der Waals surface area contributed by atoms with E-state index in [0.29, 0.717) is 4.47 Å². The zero-order valence-corrected chi connectivity index (χ0v) is 14.1. The van der Waals surface area contributed by atoms with Gasteiger partial charge in [0.15, 0.2) is 6.61 Å². The number of amides is 1. The van der Waals surface area contributed by atoms with Crippen molar-refractivity contribution >= 4 is 44.9 Å². The van der Waals surface area contributed by atoms with E-state index in [1.54, 1.807) is 6.07 Å². The Hall–Kier alpha value is -3.01. The number of carbonyl (C=O) groups excluding carboxylic acids is 2. The van der Waals surface area contributed by atoms with Crippen molar-refractivity contribution in [1.82, 2.24) is 0 Å². The van der Waals surface area contributed by atoms with Crippen molar-refractivity contribution in [2.24, 2.45) is 0 Å². The number of nitro benzene ring substituents is 1. The molecule has 0 saturated heterocycles. The van der Waals surface area contributed by atoms with E-state index in [2.05, 4.69) is 21.2 Å². The molecule has 0 aliphatic carbocycles. The van der Waals surface area contributed by atoms with Gasteiger partial charge in [0.05, 0.1) is 10.5 Å². The molecule has 0 aromatic heterocycles. The van der Waals surface area contributed by atoms with E-state index in [0.717, 1.165) is 18.2 Å². The summed E-state index contributed by atoms with van der Waals surface area (Å²) in [6.45, 7) is -0.643. The summed E-state index contributed by atoms with van der Waals surface area (Å²) in [5.41, 5.74) is 5.14. The number of nitrogens with zero attached hydrogens (tertiary/aromatic N) is 1. The molecule has 1 amide bonds. The van der Waals surface area contributed by atoms with Crippen LogP contribution < -0.4 is 11.1 Å². The summed E-state index contributed by atoms with van der Waals surface area (Å²) in [6.07, 6.45) is 0. The highest BCUT2D eigenvalue weighted by Crippen LogP contribution is 2.22. The molecular weight excluding hydrogens is 401 g/mol. The predicted molar refractivity (Wildman–Crippen MR) is 90.5 cm³/mol. The lowest BCUT2D eigenvalue weighted by Gasteiger charge is -2.08. The molecule has 0 atom stereocenters. The summed E-state index contributed by atoms with van der Waals surface area (Å²) in [5, 5.41) is 12.9. The van der Waals surface area contributed by atoms with E-state index in [-0.39, 0.29) is 16.9 Å². The summed E-state index contributed by atoms with van der Waals surface area (Å²) in [6, 6.07) is 7.44. The first-order valence-electron chi connectivity index (χ1n) is 6.74. The molecule has 0 heterocycles. The normalized spacial score (nSPS) is 10.2. The Labute approximate surface area is 149 Å². The first-order chi connectivity index (χ1) is 11.8. The third kappa shape index (κ3) is 4.73. The number of nitrogen functional groups attached to an aromatic ring is 1. The molecular formula is C15H11BrFN3O5. The Bertz CT molecular complexity index is 859. The van der Waals surface area contributed by atoms with Crippen LogP contribution in [0, 0.1) is 15.9 Å². The molecule has 0 aliphatic rings. The number of anilines is 2. The Kier molecular flexibility index (Phi) is 5.65. The van der Waals surface area contributed by atoms with Gasteiger partial charge in [0, 0.05) is 21.9 Å². The predicted octanol–water partition coefficient (Wildman–Crippen LogP) is 2.87. The number of nitrogens with one attached hydrogen (secondary N) is 1. The molecule has 0 fully saturated rings. The van der Waals surface area contributed by atoms with E-state index in [1.807, 2.05) is 0 Å². The Morgan fingerprint density at radius 2 is 2.00 bits per heavy atom. The van der Waals surface area contributed by atoms with Crippen LogP contribution in [0.4, 0.5) is 21.5 Å². The van der Waals surface area contributed by atoms with Crippen molar-refractivity contribution < 1.29 is 23.6 Å². The third-order valence-electron chi connectivity index (χ3n) is 3.00. The van der Waals surface area contributed by atoms with Crippen LogP contribution in [0.1, 0.15) is 10.4 Å². The molecule has 3 N–H and O–H groups in total. The van der Waals surface area contributed by atoms with Crippen LogP contribution in [0.5, 0.6) is 0 Å². The zero-order valence-electron chi connectivity index (χ0n) is 12.5. The molecule has 2 rings (SSSR count). The van der Waals surface area contributed by atoms with Gasteiger partial charge in [-0.25, -0.2) is 4.79 Å². The maximum absolute atomic E-state index is 13.2. The minimum atomic E-state index is -1.03. The molecule has 2 aromatic carbocycles. The summed E-state index contributed by atoms with van der Waals surface area (Å²) in [5.74, 6) is -2.58. The number of hydrogen-bond acceptors (Lipinski definition) is 6. The molecule has 0 aliphatic heterocycles. The van der Waals surface area contributed by atoms with Gasteiger partial charge in [-0.15, -0.1) is 0 Å². The molecule has 0 saturated carbocycles. The quantitative estimate of drug-likeness (QED) is 0.337. The second-order valence-electron chi connectivity index (χ2n) is 4.78. The van der Waals surface area contributed by atoms with E-state index >= 15 is 0 Å². The first-order valence-corrected chi connectivity index (χ1v) is 7.53. The number of esters is 1. The van der Waals surface area contributed by atoms with Crippen molar-refractivity contribution in [1.29, 1.82) is 0 Å². The molecule has 8 nitrogen and oxygen atoms in total. The molecule has 0 bridgehead atoms. The van der Waals surface area contributed by atoms with Gasteiger partial charge in [0.25, 0.3) is 5.91 Å². The highest BCUT2D eigenvalue weighted by Gasteiger charge is 2.17. The van der Waals surface area contributed by atoms with Gasteiger partial charge < -0.3 is 15.8 Å². The Morgan fingerprint density at radius 3 is 2.68 bits per heavy atom. The summed E-state index contributed by atoms with van der Waals surface area (Å²) in [7, 11) is 0. The number of benzene rings is 2. The summed E-state index contributed by atoms with van der Waals surface area (Å²) in [4.78, 5) is 33.4. The third-order valence-corrected chi connectivity index (χ3v) is 3.49. The maximum Gasteiger partial charge on any atom is 0.340 e. The maximum atomic E-state index is 13.2. The molecule has 2 aromatic rings. The highest BCUT2D eigenvalue weighted by molar-refractivity contribution is 9.10. The molecule has 0 radical (unpaired) electrons. The van der Waals surface area contributed by atoms with Crippen LogP contribution in [0.15, 0.2) is 40.9 Å². The lowest BCUT2D eigenvalue weighted by Crippen LogP contribution is -2.21. The minimum absolute atomic E-state index is 0.00359. The average molecular weight is 412 g/mol. The zero-order chi connectivity index (χ0) is 18.6. The van der Waals surface area contributed by atoms with Gasteiger partial charge in [-0.3, -0.25) is 14.9 Å². The van der Waals surface area contributed by atoms with Crippen molar-refractivity contribution in [2.45, 2.75) is 0 Å².